The Balaban J connectivity index is 1.15. The summed E-state index contributed by atoms with van der Waals surface area (Å²) in [5.74, 6) is 0. The first-order valence-corrected chi connectivity index (χ1v) is 9.90. The molecule has 0 radical (unpaired) electrons. The van der Waals surface area contributed by atoms with Gasteiger partial charge in [0.15, 0.2) is 0 Å². The van der Waals surface area contributed by atoms with Crippen LogP contribution in [-0.4, -0.2) is 92.2 Å². The van der Waals surface area contributed by atoms with E-state index in [4.69, 9.17) is 11.6 Å². The van der Waals surface area contributed by atoms with Crippen molar-refractivity contribution in [1.82, 2.24) is 20.0 Å². The number of carbonyl (C=O) groups is 1. The fraction of sp³-hybridized carbons (Fsp3) is 0.632. The third-order valence-electron chi connectivity index (χ3n) is 6.11. The number of piperazine rings is 1. The van der Waals surface area contributed by atoms with E-state index in [-0.39, 0.29) is 11.6 Å². The number of likely N-dealkylation sites (tertiary alicyclic amines) is 1. The molecule has 1 aromatic rings. The molecule has 4 rings (SSSR count). The maximum atomic E-state index is 11.6. The van der Waals surface area contributed by atoms with E-state index in [0.29, 0.717) is 0 Å². The Morgan fingerprint density at radius 3 is 2.50 bits per heavy atom. The summed E-state index contributed by atoms with van der Waals surface area (Å²) in [6, 6.07) is 8.21. The Kier molecular flexibility index (Phi) is 4.99. The minimum Gasteiger partial charge on any atom is -0.369 e. The lowest BCUT2D eigenvalue weighted by Gasteiger charge is -2.50. The average Bonchev–Trinajstić information content (AvgIpc) is 2.91. The van der Waals surface area contributed by atoms with Gasteiger partial charge in [-0.15, -0.1) is 0 Å². The van der Waals surface area contributed by atoms with E-state index in [0.717, 1.165) is 63.9 Å². The number of amides is 2. The van der Waals surface area contributed by atoms with Crippen molar-refractivity contribution in [2.75, 3.05) is 70.9 Å². The lowest BCUT2D eigenvalue weighted by Crippen LogP contribution is -2.69. The van der Waals surface area contributed by atoms with Crippen LogP contribution in [-0.2, 0) is 0 Å². The van der Waals surface area contributed by atoms with Crippen molar-refractivity contribution in [3.8, 4) is 0 Å². The van der Waals surface area contributed by atoms with Crippen molar-refractivity contribution in [2.24, 2.45) is 0 Å². The molecule has 3 aliphatic heterocycles. The fourth-order valence-corrected chi connectivity index (χ4v) is 4.57. The SMILES string of the molecule is CN1C(=O)NCC12CN(CCCN1CCN(c3cccc(Cl)c3)CC1)C2. The summed E-state index contributed by atoms with van der Waals surface area (Å²) >= 11 is 6.10. The quantitative estimate of drug-likeness (QED) is 0.845. The second kappa shape index (κ2) is 7.25. The van der Waals surface area contributed by atoms with Gasteiger partial charge in [-0.05, 0) is 37.7 Å². The van der Waals surface area contributed by atoms with E-state index >= 15 is 0 Å². The molecule has 0 bridgehead atoms. The Hall–Kier alpha value is -1.50. The largest absolute Gasteiger partial charge is 0.369 e. The third kappa shape index (κ3) is 3.50. The predicted molar refractivity (Wildman–Crippen MR) is 105 cm³/mol. The van der Waals surface area contributed by atoms with Gasteiger partial charge in [0, 0.05) is 63.6 Å². The minimum atomic E-state index is 0.0552. The van der Waals surface area contributed by atoms with E-state index in [2.05, 4.69) is 32.1 Å². The van der Waals surface area contributed by atoms with Gasteiger partial charge in [-0.1, -0.05) is 17.7 Å². The molecule has 0 atom stereocenters. The number of urea groups is 1. The highest BCUT2D eigenvalue weighted by Gasteiger charge is 2.51. The standard InChI is InChI=1S/C19H28ClN5O/c1-22-18(26)21-13-19(22)14-24(15-19)7-3-6-23-8-10-25(11-9-23)17-5-2-4-16(20)12-17/h2,4-5,12H,3,6-11,13-15H2,1H3,(H,21,26). The minimum absolute atomic E-state index is 0.0552. The van der Waals surface area contributed by atoms with Crippen LogP contribution in [0.3, 0.4) is 0 Å². The molecule has 3 heterocycles. The molecule has 0 aromatic heterocycles. The number of hydrogen-bond acceptors (Lipinski definition) is 4. The zero-order valence-corrected chi connectivity index (χ0v) is 16.2. The summed E-state index contributed by atoms with van der Waals surface area (Å²) in [4.78, 5) is 21.0. The second-order valence-electron chi connectivity index (χ2n) is 7.81. The van der Waals surface area contributed by atoms with Crippen molar-refractivity contribution in [3.05, 3.63) is 29.3 Å². The van der Waals surface area contributed by atoms with E-state index in [1.54, 1.807) is 0 Å². The van der Waals surface area contributed by atoms with E-state index in [9.17, 15) is 4.79 Å². The summed E-state index contributed by atoms with van der Waals surface area (Å²) in [7, 11) is 1.92. The predicted octanol–water partition coefficient (Wildman–Crippen LogP) is 1.56. The van der Waals surface area contributed by atoms with Crippen molar-refractivity contribution < 1.29 is 4.79 Å². The molecule has 2 amide bonds. The number of rotatable bonds is 5. The topological polar surface area (TPSA) is 42.1 Å². The molecule has 3 aliphatic rings. The first-order valence-electron chi connectivity index (χ1n) is 9.53. The number of anilines is 1. The number of nitrogens with one attached hydrogen (secondary N) is 1. The van der Waals surface area contributed by atoms with Crippen LogP contribution >= 0.6 is 11.6 Å². The van der Waals surface area contributed by atoms with Crippen LogP contribution in [0, 0.1) is 0 Å². The molecule has 0 saturated carbocycles. The monoisotopic (exact) mass is 377 g/mol. The van der Waals surface area contributed by atoms with Gasteiger partial charge in [0.25, 0.3) is 0 Å². The molecule has 1 spiro atoms. The molecule has 26 heavy (non-hydrogen) atoms. The first-order chi connectivity index (χ1) is 12.6. The maximum absolute atomic E-state index is 11.6. The summed E-state index contributed by atoms with van der Waals surface area (Å²) < 4.78 is 0. The smallest absolute Gasteiger partial charge is 0.317 e. The Bertz CT molecular complexity index is 655. The Morgan fingerprint density at radius 2 is 1.85 bits per heavy atom. The molecule has 0 aliphatic carbocycles. The van der Waals surface area contributed by atoms with Gasteiger partial charge in [-0.25, -0.2) is 4.79 Å². The maximum Gasteiger partial charge on any atom is 0.317 e. The number of hydrogen-bond donors (Lipinski definition) is 1. The normalized spacial score (nSPS) is 23.4. The van der Waals surface area contributed by atoms with E-state index in [1.807, 2.05) is 24.1 Å². The Morgan fingerprint density at radius 1 is 1.12 bits per heavy atom. The van der Waals surface area contributed by atoms with Crippen molar-refractivity contribution in [3.63, 3.8) is 0 Å². The molecule has 1 N–H and O–H groups in total. The molecule has 142 valence electrons. The second-order valence-corrected chi connectivity index (χ2v) is 8.25. The molecular weight excluding hydrogens is 350 g/mol. The summed E-state index contributed by atoms with van der Waals surface area (Å²) in [5, 5.41) is 3.76. The summed E-state index contributed by atoms with van der Waals surface area (Å²) in [5.41, 5.74) is 1.28. The number of likely N-dealkylation sites (N-methyl/N-ethyl adjacent to an activating group) is 1. The van der Waals surface area contributed by atoms with Gasteiger partial charge in [0.05, 0.1) is 5.54 Å². The van der Waals surface area contributed by atoms with Gasteiger partial charge in [0.1, 0.15) is 0 Å². The summed E-state index contributed by atoms with van der Waals surface area (Å²) in [6.45, 7) is 9.42. The fourth-order valence-electron chi connectivity index (χ4n) is 4.38. The number of carbonyl (C=O) groups excluding carboxylic acids is 1. The molecule has 3 fully saturated rings. The van der Waals surface area contributed by atoms with Gasteiger partial charge in [-0.3, -0.25) is 9.80 Å². The van der Waals surface area contributed by atoms with Crippen LogP contribution in [0.15, 0.2) is 24.3 Å². The van der Waals surface area contributed by atoms with Crippen LogP contribution in [0.25, 0.3) is 0 Å². The van der Waals surface area contributed by atoms with Crippen LogP contribution in [0.5, 0.6) is 0 Å². The summed E-state index contributed by atoms with van der Waals surface area (Å²) in [6.07, 6.45) is 1.19. The lowest BCUT2D eigenvalue weighted by atomic mass is 9.89. The molecular formula is C19H28ClN5O. The molecule has 1 aromatic carbocycles. The molecule has 6 nitrogen and oxygen atoms in total. The highest BCUT2D eigenvalue weighted by Crippen LogP contribution is 2.29. The lowest BCUT2D eigenvalue weighted by molar-refractivity contribution is 0.00247. The van der Waals surface area contributed by atoms with Crippen LogP contribution in [0.2, 0.25) is 5.02 Å². The van der Waals surface area contributed by atoms with Crippen LogP contribution in [0.4, 0.5) is 10.5 Å². The van der Waals surface area contributed by atoms with E-state index in [1.165, 1.54) is 12.1 Å². The van der Waals surface area contributed by atoms with Gasteiger partial charge < -0.3 is 15.1 Å². The highest BCUT2D eigenvalue weighted by molar-refractivity contribution is 6.30. The zero-order chi connectivity index (χ0) is 18.1. The number of benzene rings is 1. The first kappa shape index (κ1) is 17.9. The highest BCUT2D eigenvalue weighted by atomic mass is 35.5. The molecule has 7 heteroatoms. The zero-order valence-electron chi connectivity index (χ0n) is 15.5. The van der Waals surface area contributed by atoms with Crippen LogP contribution in [0.1, 0.15) is 6.42 Å². The van der Waals surface area contributed by atoms with E-state index < -0.39 is 0 Å². The molecule has 0 unspecified atom stereocenters. The number of halogens is 1. The van der Waals surface area contributed by atoms with Crippen molar-refractivity contribution in [1.29, 1.82) is 0 Å². The molecule has 3 saturated heterocycles. The number of nitrogens with zero attached hydrogens (tertiary/aromatic N) is 4. The third-order valence-corrected chi connectivity index (χ3v) is 6.35. The van der Waals surface area contributed by atoms with Crippen LogP contribution < -0.4 is 10.2 Å². The Labute approximate surface area is 160 Å². The van der Waals surface area contributed by atoms with Crippen molar-refractivity contribution in [2.45, 2.75) is 12.0 Å². The average molecular weight is 378 g/mol. The van der Waals surface area contributed by atoms with Gasteiger partial charge in [-0.2, -0.15) is 0 Å². The van der Waals surface area contributed by atoms with Crippen molar-refractivity contribution >= 4 is 23.3 Å². The van der Waals surface area contributed by atoms with Gasteiger partial charge >= 0.3 is 6.03 Å². The van der Waals surface area contributed by atoms with Gasteiger partial charge in [0.2, 0.25) is 0 Å².